The fourth-order valence-corrected chi connectivity index (χ4v) is 4.27. The van der Waals surface area contributed by atoms with Crippen molar-refractivity contribution in [3.8, 4) is 0 Å². The second kappa shape index (κ2) is 8.35. The molecule has 1 atom stereocenters. The molecule has 3 N–H and O–H groups in total. The van der Waals surface area contributed by atoms with Crippen molar-refractivity contribution in [2.45, 2.75) is 82.1 Å². The molecule has 2 radical (unpaired) electrons. The lowest BCUT2D eigenvalue weighted by molar-refractivity contribution is -0.147. The van der Waals surface area contributed by atoms with E-state index in [2.05, 4.69) is 4.90 Å². The molecule has 1 aliphatic carbocycles. The molecule has 2 aliphatic rings. The van der Waals surface area contributed by atoms with E-state index < -0.39 is 11.5 Å². The van der Waals surface area contributed by atoms with Crippen LogP contribution in [0.5, 0.6) is 0 Å². The number of piperidine rings is 1. The van der Waals surface area contributed by atoms with Gasteiger partial charge in [0.2, 0.25) is 0 Å². The summed E-state index contributed by atoms with van der Waals surface area (Å²) in [4.78, 5) is 14.3. The van der Waals surface area contributed by atoms with Gasteiger partial charge >= 0.3 is 5.97 Å². The minimum atomic E-state index is -1.06. The first-order valence-corrected chi connectivity index (χ1v) is 9.04. The van der Waals surface area contributed by atoms with Crippen molar-refractivity contribution < 1.29 is 9.90 Å². The Bertz CT molecular complexity index is 353. The lowest BCUT2D eigenvalue weighted by Crippen LogP contribution is -2.57. The van der Waals surface area contributed by atoms with E-state index in [9.17, 15) is 9.90 Å². The third-order valence-corrected chi connectivity index (χ3v) is 5.79. The van der Waals surface area contributed by atoms with Crippen LogP contribution >= 0.6 is 0 Å². The van der Waals surface area contributed by atoms with Gasteiger partial charge in [0.05, 0.1) is 7.85 Å². The average molecular weight is 306 g/mol. The van der Waals surface area contributed by atoms with Gasteiger partial charge in [0.15, 0.2) is 0 Å². The number of carboxylic acids is 1. The number of nitrogens with zero attached hydrogens (tertiary/aromatic N) is 1. The minimum absolute atomic E-state index is 0.0996. The summed E-state index contributed by atoms with van der Waals surface area (Å²) >= 11 is 0. The zero-order chi connectivity index (χ0) is 16.0. The smallest absolute Gasteiger partial charge is 0.323 e. The molecule has 1 aliphatic heterocycles. The van der Waals surface area contributed by atoms with Crippen LogP contribution in [0.15, 0.2) is 0 Å². The van der Waals surface area contributed by atoms with E-state index in [1.165, 1.54) is 32.1 Å². The Balaban J connectivity index is 1.88. The Labute approximate surface area is 136 Å². The lowest BCUT2D eigenvalue weighted by Gasteiger charge is -2.43. The molecule has 0 aromatic carbocycles. The molecule has 1 saturated carbocycles. The van der Waals surface area contributed by atoms with E-state index in [0.29, 0.717) is 12.7 Å². The van der Waals surface area contributed by atoms with Crippen LogP contribution < -0.4 is 5.73 Å². The predicted molar refractivity (Wildman–Crippen MR) is 90.1 cm³/mol. The molecule has 1 saturated heterocycles. The van der Waals surface area contributed by atoms with Crippen LogP contribution in [-0.2, 0) is 4.79 Å². The summed E-state index contributed by atoms with van der Waals surface area (Å²) in [5.41, 5.74) is 5.26. The van der Waals surface area contributed by atoms with Crippen molar-refractivity contribution in [2.75, 3.05) is 13.1 Å². The number of hydrogen-bond donors (Lipinski definition) is 2. The number of aliphatic carboxylic acids is 1. The third kappa shape index (κ3) is 4.26. The SMILES string of the molecule is [B]CCCCC(N)(C(=O)O)C1CCN(C2CCCCC2)CC1. The monoisotopic (exact) mass is 306 g/mol. The third-order valence-electron chi connectivity index (χ3n) is 5.79. The first-order chi connectivity index (χ1) is 10.6. The summed E-state index contributed by atoms with van der Waals surface area (Å²) < 4.78 is 0. The number of carboxylic acid groups (broad SMARTS) is 1. The minimum Gasteiger partial charge on any atom is -0.480 e. The Morgan fingerprint density at radius 3 is 2.32 bits per heavy atom. The molecule has 5 heteroatoms. The van der Waals surface area contributed by atoms with Crippen LogP contribution in [-0.4, -0.2) is 48.5 Å². The Kier molecular flexibility index (Phi) is 6.75. The first-order valence-electron chi connectivity index (χ1n) is 9.04. The molecular formula is C17H31BN2O2. The molecule has 2 rings (SSSR count). The fourth-order valence-electron chi connectivity index (χ4n) is 4.27. The van der Waals surface area contributed by atoms with E-state index in [1.54, 1.807) is 0 Å². The highest BCUT2D eigenvalue weighted by molar-refractivity contribution is 6.08. The zero-order valence-corrected chi connectivity index (χ0v) is 13.8. The summed E-state index contributed by atoms with van der Waals surface area (Å²) in [7, 11) is 5.52. The van der Waals surface area contributed by atoms with Crippen LogP contribution in [0, 0.1) is 5.92 Å². The number of rotatable bonds is 7. The fraction of sp³-hybridized carbons (Fsp3) is 0.941. The molecule has 124 valence electrons. The highest BCUT2D eigenvalue weighted by atomic mass is 16.4. The van der Waals surface area contributed by atoms with E-state index in [4.69, 9.17) is 13.6 Å². The predicted octanol–water partition coefficient (Wildman–Crippen LogP) is 2.57. The van der Waals surface area contributed by atoms with Gasteiger partial charge in [-0.1, -0.05) is 38.4 Å². The van der Waals surface area contributed by atoms with E-state index >= 15 is 0 Å². The summed E-state index contributed by atoms with van der Waals surface area (Å²) in [6, 6.07) is 0.726. The topological polar surface area (TPSA) is 66.6 Å². The van der Waals surface area contributed by atoms with Gasteiger partial charge in [0.1, 0.15) is 5.54 Å². The first kappa shape index (κ1) is 17.8. The van der Waals surface area contributed by atoms with Gasteiger partial charge in [-0.05, 0) is 51.1 Å². The van der Waals surface area contributed by atoms with Crippen LogP contribution in [0.2, 0.25) is 6.32 Å². The molecule has 4 nitrogen and oxygen atoms in total. The Hall–Kier alpha value is -0.545. The van der Waals surface area contributed by atoms with Crippen molar-refractivity contribution in [1.82, 2.24) is 4.90 Å². The molecule has 0 aromatic rings. The highest BCUT2D eigenvalue weighted by Crippen LogP contribution is 2.33. The highest BCUT2D eigenvalue weighted by Gasteiger charge is 2.43. The molecule has 0 spiro atoms. The van der Waals surface area contributed by atoms with Gasteiger partial charge in [-0.3, -0.25) is 4.79 Å². The normalized spacial score (nSPS) is 25.0. The number of unbranched alkanes of at least 4 members (excludes halogenated alkanes) is 1. The van der Waals surface area contributed by atoms with Gasteiger partial charge in [-0.25, -0.2) is 0 Å². The van der Waals surface area contributed by atoms with Crippen molar-refractivity contribution in [3.63, 3.8) is 0 Å². The van der Waals surface area contributed by atoms with Crippen LogP contribution in [0.3, 0.4) is 0 Å². The standard InChI is InChI=1S/C17H31BN2O2/c18-11-5-4-10-17(19,16(21)22)14-8-12-20(13-9-14)15-6-2-1-3-7-15/h14-15H,1-13,19H2,(H,21,22). The molecular weight excluding hydrogens is 275 g/mol. The largest absolute Gasteiger partial charge is 0.480 e. The van der Waals surface area contributed by atoms with Crippen LogP contribution in [0.1, 0.15) is 64.2 Å². The molecule has 1 heterocycles. The van der Waals surface area contributed by atoms with Gasteiger partial charge in [-0.15, -0.1) is 0 Å². The summed E-state index contributed by atoms with van der Waals surface area (Å²) in [5.74, 6) is -0.733. The summed E-state index contributed by atoms with van der Waals surface area (Å²) in [5, 5.41) is 9.63. The molecule has 1 unspecified atom stereocenters. The molecule has 0 bridgehead atoms. The number of carbonyl (C=O) groups is 1. The molecule has 22 heavy (non-hydrogen) atoms. The quantitative estimate of drug-likeness (QED) is 0.560. The van der Waals surface area contributed by atoms with Crippen molar-refractivity contribution >= 4 is 13.8 Å². The maximum atomic E-state index is 11.7. The van der Waals surface area contributed by atoms with Gasteiger partial charge in [0, 0.05) is 6.04 Å². The second-order valence-corrected chi connectivity index (χ2v) is 7.19. The Morgan fingerprint density at radius 1 is 1.14 bits per heavy atom. The summed E-state index contributed by atoms with van der Waals surface area (Å²) in [6.45, 7) is 2.02. The van der Waals surface area contributed by atoms with Crippen LogP contribution in [0.4, 0.5) is 0 Å². The van der Waals surface area contributed by atoms with Crippen molar-refractivity contribution in [1.29, 1.82) is 0 Å². The molecule has 0 amide bonds. The summed E-state index contributed by atoms with van der Waals surface area (Å²) in [6.07, 6.45) is 11.3. The second-order valence-electron chi connectivity index (χ2n) is 7.19. The van der Waals surface area contributed by atoms with Gasteiger partial charge < -0.3 is 15.7 Å². The van der Waals surface area contributed by atoms with Gasteiger partial charge in [0.25, 0.3) is 0 Å². The zero-order valence-electron chi connectivity index (χ0n) is 13.8. The number of hydrogen-bond acceptors (Lipinski definition) is 3. The van der Waals surface area contributed by atoms with Crippen molar-refractivity contribution in [3.05, 3.63) is 0 Å². The average Bonchev–Trinajstić information content (AvgIpc) is 2.56. The maximum Gasteiger partial charge on any atom is 0.323 e. The van der Waals surface area contributed by atoms with E-state index in [-0.39, 0.29) is 5.92 Å². The lowest BCUT2D eigenvalue weighted by atomic mass is 9.74. The number of likely N-dealkylation sites (tertiary alicyclic amines) is 1. The maximum absolute atomic E-state index is 11.7. The van der Waals surface area contributed by atoms with E-state index in [1.807, 2.05) is 0 Å². The molecule has 2 fully saturated rings. The van der Waals surface area contributed by atoms with Crippen LogP contribution in [0.25, 0.3) is 0 Å². The van der Waals surface area contributed by atoms with Gasteiger partial charge in [-0.2, -0.15) is 0 Å². The van der Waals surface area contributed by atoms with E-state index in [0.717, 1.165) is 44.8 Å². The number of nitrogens with two attached hydrogens (primary N) is 1. The Morgan fingerprint density at radius 2 is 1.77 bits per heavy atom. The van der Waals surface area contributed by atoms with Crippen molar-refractivity contribution in [2.24, 2.45) is 11.7 Å². The molecule has 0 aromatic heterocycles.